The minimum absolute atomic E-state index is 0.131. The van der Waals surface area contributed by atoms with Gasteiger partial charge in [0, 0.05) is 25.2 Å². The van der Waals surface area contributed by atoms with Gasteiger partial charge in [-0.25, -0.2) is 9.97 Å². The van der Waals surface area contributed by atoms with Gasteiger partial charge in [-0.15, -0.1) is 0 Å². The Kier molecular flexibility index (Phi) is 4.92. The summed E-state index contributed by atoms with van der Waals surface area (Å²) in [6, 6.07) is 1.70. The Morgan fingerprint density at radius 2 is 1.83 bits per heavy atom. The maximum Gasteiger partial charge on any atom is 0.391 e. The van der Waals surface area contributed by atoms with Crippen LogP contribution in [0.4, 0.5) is 24.8 Å². The molecule has 0 amide bonds. The molecular formula is C16H23F3N4. The first-order valence-electron chi connectivity index (χ1n) is 8.42. The normalized spacial score (nSPS) is 26.1. The zero-order chi connectivity index (χ0) is 16.3. The highest BCUT2D eigenvalue weighted by Gasteiger charge is 2.42. The van der Waals surface area contributed by atoms with E-state index in [2.05, 4.69) is 20.2 Å². The fraction of sp³-hybridized carbons (Fsp3) is 0.750. The second-order valence-electron chi connectivity index (χ2n) is 6.56. The van der Waals surface area contributed by atoms with Crippen LogP contribution in [0, 0.1) is 5.92 Å². The molecule has 128 valence electrons. The smallest absolute Gasteiger partial charge is 0.367 e. The quantitative estimate of drug-likeness (QED) is 0.910. The minimum Gasteiger partial charge on any atom is -0.367 e. The maximum absolute atomic E-state index is 12.9. The van der Waals surface area contributed by atoms with Crippen LogP contribution in [-0.4, -0.2) is 35.3 Å². The van der Waals surface area contributed by atoms with Crippen molar-refractivity contribution in [2.45, 2.75) is 57.2 Å². The molecule has 4 nitrogen and oxygen atoms in total. The first-order chi connectivity index (χ1) is 11.0. The van der Waals surface area contributed by atoms with Gasteiger partial charge in [0.25, 0.3) is 0 Å². The van der Waals surface area contributed by atoms with Crippen LogP contribution in [0.1, 0.15) is 44.9 Å². The van der Waals surface area contributed by atoms with Gasteiger partial charge < -0.3 is 10.2 Å². The highest BCUT2D eigenvalue weighted by molar-refractivity contribution is 5.49. The maximum atomic E-state index is 12.9. The third-order valence-corrected chi connectivity index (χ3v) is 4.82. The number of aromatic nitrogens is 2. The van der Waals surface area contributed by atoms with Gasteiger partial charge in [0.15, 0.2) is 0 Å². The average molecular weight is 328 g/mol. The van der Waals surface area contributed by atoms with Gasteiger partial charge in [0.2, 0.25) is 0 Å². The van der Waals surface area contributed by atoms with Gasteiger partial charge >= 0.3 is 6.18 Å². The summed E-state index contributed by atoms with van der Waals surface area (Å²) in [5.74, 6) is 0.302. The molecule has 2 fully saturated rings. The zero-order valence-corrected chi connectivity index (χ0v) is 13.1. The monoisotopic (exact) mass is 328 g/mol. The van der Waals surface area contributed by atoms with Crippen molar-refractivity contribution in [2.24, 2.45) is 5.92 Å². The molecular weight excluding hydrogens is 305 g/mol. The van der Waals surface area contributed by atoms with Gasteiger partial charge in [0.05, 0.1) is 5.92 Å². The van der Waals surface area contributed by atoms with Gasteiger partial charge in [-0.1, -0.05) is 6.42 Å². The van der Waals surface area contributed by atoms with Crippen LogP contribution in [0.25, 0.3) is 0 Å². The molecule has 1 aliphatic carbocycles. The van der Waals surface area contributed by atoms with Crippen LogP contribution < -0.4 is 10.2 Å². The van der Waals surface area contributed by atoms with Crippen LogP contribution in [0.5, 0.6) is 0 Å². The third kappa shape index (κ3) is 4.26. The van der Waals surface area contributed by atoms with E-state index in [4.69, 9.17) is 0 Å². The van der Waals surface area contributed by atoms with E-state index in [0.717, 1.165) is 38.2 Å². The highest BCUT2D eigenvalue weighted by atomic mass is 19.4. The van der Waals surface area contributed by atoms with Crippen molar-refractivity contribution >= 4 is 11.6 Å². The lowest BCUT2D eigenvalue weighted by Gasteiger charge is -2.32. The van der Waals surface area contributed by atoms with Crippen LogP contribution >= 0.6 is 0 Å². The first-order valence-corrected chi connectivity index (χ1v) is 8.42. The molecule has 1 aliphatic heterocycles. The van der Waals surface area contributed by atoms with E-state index in [0.29, 0.717) is 12.2 Å². The fourth-order valence-electron chi connectivity index (χ4n) is 3.55. The number of piperidine rings is 1. The second kappa shape index (κ2) is 6.93. The fourth-order valence-corrected chi connectivity index (χ4v) is 3.55. The van der Waals surface area contributed by atoms with E-state index in [1.807, 2.05) is 6.07 Å². The molecule has 1 saturated heterocycles. The van der Waals surface area contributed by atoms with E-state index >= 15 is 0 Å². The summed E-state index contributed by atoms with van der Waals surface area (Å²) in [5.41, 5.74) is 0. The molecule has 2 aliphatic rings. The lowest BCUT2D eigenvalue weighted by Crippen LogP contribution is -2.35. The number of alkyl halides is 3. The van der Waals surface area contributed by atoms with E-state index in [-0.39, 0.29) is 18.9 Å². The van der Waals surface area contributed by atoms with E-state index in [1.165, 1.54) is 12.7 Å². The van der Waals surface area contributed by atoms with E-state index in [9.17, 15) is 13.2 Å². The molecule has 0 aromatic carbocycles. The summed E-state index contributed by atoms with van der Waals surface area (Å²) in [7, 11) is 0. The Hall–Kier alpha value is -1.53. The first kappa shape index (κ1) is 16.3. The lowest BCUT2D eigenvalue weighted by atomic mass is 9.85. The third-order valence-electron chi connectivity index (χ3n) is 4.82. The molecule has 2 atom stereocenters. The number of hydrogen-bond acceptors (Lipinski definition) is 4. The Morgan fingerprint density at radius 3 is 2.57 bits per heavy atom. The zero-order valence-electron chi connectivity index (χ0n) is 13.1. The summed E-state index contributed by atoms with van der Waals surface area (Å²) >= 11 is 0. The molecule has 0 radical (unpaired) electrons. The summed E-state index contributed by atoms with van der Waals surface area (Å²) in [6.07, 6.45) is 2.69. The summed E-state index contributed by atoms with van der Waals surface area (Å²) < 4.78 is 38.7. The van der Waals surface area contributed by atoms with Crippen molar-refractivity contribution in [2.75, 3.05) is 23.3 Å². The number of nitrogens with zero attached hydrogens (tertiary/aromatic N) is 3. The number of hydrogen-bond donors (Lipinski definition) is 1. The van der Waals surface area contributed by atoms with Crippen LogP contribution in [0.2, 0.25) is 0 Å². The van der Waals surface area contributed by atoms with Crippen molar-refractivity contribution in [3.05, 3.63) is 12.4 Å². The number of anilines is 2. The second-order valence-corrected chi connectivity index (χ2v) is 6.56. The van der Waals surface area contributed by atoms with Crippen LogP contribution in [0.15, 0.2) is 12.4 Å². The topological polar surface area (TPSA) is 41.0 Å². The standard InChI is InChI=1S/C16H23F3N4/c17-16(18,19)12-5-4-6-13(9-12)22-14-10-15(21-11-20-14)23-7-2-1-3-8-23/h10-13H,1-9H2,(H,20,21,22). The number of nitrogens with one attached hydrogen (secondary N) is 1. The molecule has 1 aromatic rings. The van der Waals surface area contributed by atoms with Crippen molar-refractivity contribution in [3.63, 3.8) is 0 Å². The van der Waals surface area contributed by atoms with Crippen molar-refractivity contribution in [3.8, 4) is 0 Å². The molecule has 7 heteroatoms. The van der Waals surface area contributed by atoms with Crippen molar-refractivity contribution in [1.29, 1.82) is 0 Å². The molecule has 0 spiro atoms. The molecule has 1 aromatic heterocycles. The molecule has 1 N–H and O–H groups in total. The summed E-state index contributed by atoms with van der Waals surface area (Å²) in [6.45, 7) is 1.96. The van der Waals surface area contributed by atoms with Gasteiger partial charge in [-0.3, -0.25) is 0 Å². The average Bonchev–Trinajstić information content (AvgIpc) is 2.55. The molecule has 2 unspecified atom stereocenters. The largest absolute Gasteiger partial charge is 0.391 e. The van der Waals surface area contributed by atoms with Gasteiger partial charge in [0.1, 0.15) is 18.0 Å². The van der Waals surface area contributed by atoms with Crippen molar-refractivity contribution < 1.29 is 13.2 Å². The van der Waals surface area contributed by atoms with Crippen LogP contribution in [0.3, 0.4) is 0 Å². The molecule has 3 rings (SSSR count). The lowest BCUT2D eigenvalue weighted by molar-refractivity contribution is -0.182. The Morgan fingerprint density at radius 1 is 1.04 bits per heavy atom. The predicted octanol–water partition coefficient (Wildman–Crippen LogP) is 4.00. The predicted molar refractivity (Wildman–Crippen MR) is 83.5 cm³/mol. The SMILES string of the molecule is FC(F)(F)C1CCCC(Nc2cc(N3CCCCC3)ncn2)C1. The molecule has 0 bridgehead atoms. The van der Waals surface area contributed by atoms with Gasteiger partial charge in [-0.05, 0) is 38.5 Å². The van der Waals surface area contributed by atoms with Crippen LogP contribution in [-0.2, 0) is 0 Å². The van der Waals surface area contributed by atoms with Crippen molar-refractivity contribution in [1.82, 2.24) is 9.97 Å². The molecule has 23 heavy (non-hydrogen) atoms. The Bertz CT molecular complexity index is 514. The number of rotatable bonds is 3. The minimum atomic E-state index is -4.09. The summed E-state index contributed by atoms with van der Waals surface area (Å²) in [4.78, 5) is 10.7. The Balaban J connectivity index is 1.63. The van der Waals surface area contributed by atoms with E-state index in [1.54, 1.807) is 0 Å². The van der Waals surface area contributed by atoms with E-state index < -0.39 is 12.1 Å². The number of halogens is 3. The summed E-state index contributed by atoms with van der Waals surface area (Å²) in [5, 5.41) is 3.18. The molecule has 1 saturated carbocycles. The van der Waals surface area contributed by atoms with Gasteiger partial charge in [-0.2, -0.15) is 13.2 Å². The molecule has 2 heterocycles. The highest BCUT2D eigenvalue weighted by Crippen LogP contribution is 2.38. The Labute approximate surface area is 134 Å².